The first-order valence-electron chi connectivity index (χ1n) is 7.57. The van der Waals surface area contributed by atoms with Gasteiger partial charge in [-0.25, -0.2) is 0 Å². The number of nitrogens with zero attached hydrogens (tertiary/aromatic N) is 1. The summed E-state index contributed by atoms with van der Waals surface area (Å²) in [6.45, 7) is 9.80. The number of β-amino-alcohol motifs (C(OH)–C–C–N with tert-alkyl or cyclic N) is 1. The molecule has 0 aromatic carbocycles. The topological polar surface area (TPSA) is 23.5 Å². The molecule has 1 heterocycles. The lowest BCUT2D eigenvalue weighted by molar-refractivity contribution is 0.0169. The summed E-state index contributed by atoms with van der Waals surface area (Å²) in [7, 11) is 0. The molecule has 102 valence electrons. The molecule has 0 spiro atoms. The van der Waals surface area contributed by atoms with Crippen LogP contribution in [0.25, 0.3) is 0 Å². The van der Waals surface area contributed by atoms with Gasteiger partial charge in [0.2, 0.25) is 0 Å². The minimum absolute atomic E-state index is 0.166. The van der Waals surface area contributed by atoms with E-state index in [9.17, 15) is 5.11 Å². The van der Waals surface area contributed by atoms with Crippen LogP contribution in [0.3, 0.4) is 0 Å². The maximum atomic E-state index is 9.33. The van der Waals surface area contributed by atoms with Gasteiger partial charge in [0.15, 0.2) is 0 Å². The molecule has 2 atom stereocenters. The Morgan fingerprint density at radius 1 is 1.18 bits per heavy atom. The van der Waals surface area contributed by atoms with Crippen molar-refractivity contribution < 1.29 is 5.11 Å². The van der Waals surface area contributed by atoms with Crippen molar-refractivity contribution in [3.8, 4) is 0 Å². The van der Waals surface area contributed by atoms with E-state index >= 15 is 0 Å². The van der Waals surface area contributed by atoms with E-state index in [1.165, 1.54) is 51.6 Å². The summed E-state index contributed by atoms with van der Waals surface area (Å²) < 4.78 is 0. The van der Waals surface area contributed by atoms with Crippen LogP contribution in [-0.4, -0.2) is 35.7 Å². The molecule has 0 aromatic heterocycles. The predicted octanol–water partition coefficient (Wildman–Crippen LogP) is 3.30. The fraction of sp³-hybridized carbons (Fsp3) is 1.00. The Morgan fingerprint density at radius 3 is 2.41 bits per heavy atom. The fourth-order valence-corrected chi connectivity index (χ4v) is 3.04. The first kappa shape index (κ1) is 15.0. The van der Waals surface area contributed by atoms with Gasteiger partial charge in [-0.1, -0.05) is 52.4 Å². The SMILES string of the molecule is CCCCCCC(CC)C1CN(C[C@H](C)O)C1. The smallest absolute Gasteiger partial charge is 0.0639 e. The fourth-order valence-electron chi connectivity index (χ4n) is 3.04. The van der Waals surface area contributed by atoms with Gasteiger partial charge in [-0.15, -0.1) is 0 Å². The van der Waals surface area contributed by atoms with Crippen molar-refractivity contribution >= 4 is 0 Å². The monoisotopic (exact) mass is 241 g/mol. The number of aliphatic hydroxyl groups is 1. The van der Waals surface area contributed by atoms with E-state index in [0.29, 0.717) is 0 Å². The van der Waals surface area contributed by atoms with Crippen molar-refractivity contribution in [2.45, 2.75) is 65.4 Å². The van der Waals surface area contributed by atoms with Crippen LogP contribution in [0.4, 0.5) is 0 Å². The number of likely N-dealkylation sites (tertiary alicyclic amines) is 1. The van der Waals surface area contributed by atoms with Gasteiger partial charge < -0.3 is 10.0 Å². The molecule has 1 rings (SSSR count). The molecular formula is C15H31NO. The second-order valence-electron chi connectivity index (χ2n) is 5.85. The summed E-state index contributed by atoms with van der Waals surface area (Å²) in [4.78, 5) is 2.39. The zero-order chi connectivity index (χ0) is 12.7. The van der Waals surface area contributed by atoms with Gasteiger partial charge >= 0.3 is 0 Å². The highest BCUT2D eigenvalue weighted by atomic mass is 16.3. The third-order valence-corrected chi connectivity index (χ3v) is 4.13. The summed E-state index contributed by atoms with van der Waals surface area (Å²) in [6.07, 6.45) is 8.15. The van der Waals surface area contributed by atoms with Gasteiger partial charge in [0.1, 0.15) is 0 Å². The number of hydrogen-bond donors (Lipinski definition) is 1. The zero-order valence-corrected chi connectivity index (χ0v) is 12.0. The lowest BCUT2D eigenvalue weighted by Gasteiger charge is -2.44. The summed E-state index contributed by atoms with van der Waals surface area (Å²) in [5, 5.41) is 9.33. The summed E-state index contributed by atoms with van der Waals surface area (Å²) in [6, 6.07) is 0. The Balaban J connectivity index is 2.11. The standard InChI is InChI=1S/C15H31NO/c1-4-6-7-8-9-14(5-2)15-11-16(12-15)10-13(3)17/h13-15,17H,4-12H2,1-3H3/t13-,14?/m0/s1. The molecule has 1 saturated heterocycles. The summed E-state index contributed by atoms with van der Waals surface area (Å²) in [5.74, 6) is 1.83. The molecule has 1 unspecified atom stereocenters. The lowest BCUT2D eigenvalue weighted by Crippen LogP contribution is -2.51. The Labute approximate surface area is 107 Å². The van der Waals surface area contributed by atoms with Crippen LogP contribution in [0.5, 0.6) is 0 Å². The van der Waals surface area contributed by atoms with E-state index in [1.54, 1.807) is 0 Å². The molecule has 0 radical (unpaired) electrons. The molecule has 1 N–H and O–H groups in total. The number of rotatable bonds is 9. The normalized spacial score (nSPS) is 21.2. The van der Waals surface area contributed by atoms with Crippen LogP contribution in [0.1, 0.15) is 59.3 Å². The average Bonchev–Trinajstić information content (AvgIpc) is 2.24. The summed E-state index contributed by atoms with van der Waals surface area (Å²) >= 11 is 0. The predicted molar refractivity (Wildman–Crippen MR) is 74.2 cm³/mol. The van der Waals surface area contributed by atoms with Crippen molar-refractivity contribution in [3.63, 3.8) is 0 Å². The van der Waals surface area contributed by atoms with E-state index in [1.807, 2.05) is 6.92 Å². The average molecular weight is 241 g/mol. The van der Waals surface area contributed by atoms with Gasteiger partial charge in [0, 0.05) is 19.6 Å². The minimum Gasteiger partial charge on any atom is -0.392 e. The second-order valence-corrected chi connectivity index (χ2v) is 5.85. The van der Waals surface area contributed by atoms with Gasteiger partial charge in [0.05, 0.1) is 6.10 Å². The van der Waals surface area contributed by atoms with E-state index in [2.05, 4.69) is 18.7 Å². The Kier molecular flexibility index (Phi) is 7.14. The maximum absolute atomic E-state index is 9.33. The highest BCUT2D eigenvalue weighted by Gasteiger charge is 2.32. The third-order valence-electron chi connectivity index (χ3n) is 4.13. The third kappa shape index (κ3) is 5.39. The Bertz CT molecular complexity index is 187. The number of aliphatic hydroxyl groups excluding tert-OH is 1. The molecule has 0 aromatic rings. The van der Waals surface area contributed by atoms with Gasteiger partial charge in [-0.3, -0.25) is 0 Å². The van der Waals surface area contributed by atoms with E-state index in [4.69, 9.17) is 0 Å². The molecule has 0 bridgehead atoms. The van der Waals surface area contributed by atoms with Crippen LogP contribution in [0.2, 0.25) is 0 Å². The second kappa shape index (κ2) is 8.10. The van der Waals surface area contributed by atoms with Crippen LogP contribution in [0, 0.1) is 11.8 Å². The molecule has 2 heteroatoms. The number of unbranched alkanes of at least 4 members (excludes halogenated alkanes) is 3. The highest BCUT2D eigenvalue weighted by Crippen LogP contribution is 2.30. The van der Waals surface area contributed by atoms with Crippen LogP contribution in [0.15, 0.2) is 0 Å². The highest BCUT2D eigenvalue weighted by molar-refractivity contribution is 4.85. The van der Waals surface area contributed by atoms with Crippen molar-refractivity contribution in [2.75, 3.05) is 19.6 Å². The molecule has 0 saturated carbocycles. The molecule has 0 aliphatic carbocycles. The first-order valence-corrected chi connectivity index (χ1v) is 7.57. The molecular weight excluding hydrogens is 210 g/mol. The van der Waals surface area contributed by atoms with E-state index in [0.717, 1.165) is 18.4 Å². The molecule has 2 nitrogen and oxygen atoms in total. The maximum Gasteiger partial charge on any atom is 0.0639 e. The van der Waals surface area contributed by atoms with E-state index < -0.39 is 0 Å². The lowest BCUT2D eigenvalue weighted by atomic mass is 9.80. The van der Waals surface area contributed by atoms with Crippen LogP contribution in [-0.2, 0) is 0 Å². The quantitative estimate of drug-likeness (QED) is 0.626. The Morgan fingerprint density at radius 2 is 1.88 bits per heavy atom. The van der Waals surface area contributed by atoms with E-state index in [-0.39, 0.29) is 6.10 Å². The number of hydrogen-bond acceptors (Lipinski definition) is 2. The molecule has 1 aliphatic rings. The molecule has 17 heavy (non-hydrogen) atoms. The van der Waals surface area contributed by atoms with Gasteiger partial charge in [-0.05, 0) is 18.8 Å². The van der Waals surface area contributed by atoms with Crippen molar-refractivity contribution in [1.82, 2.24) is 4.90 Å². The molecule has 1 fully saturated rings. The molecule has 0 amide bonds. The van der Waals surface area contributed by atoms with Gasteiger partial charge in [-0.2, -0.15) is 0 Å². The summed E-state index contributed by atoms with van der Waals surface area (Å²) in [5.41, 5.74) is 0. The van der Waals surface area contributed by atoms with Crippen LogP contribution >= 0.6 is 0 Å². The van der Waals surface area contributed by atoms with Crippen molar-refractivity contribution in [3.05, 3.63) is 0 Å². The van der Waals surface area contributed by atoms with Gasteiger partial charge in [0.25, 0.3) is 0 Å². The molecule has 1 aliphatic heterocycles. The largest absolute Gasteiger partial charge is 0.392 e. The van der Waals surface area contributed by atoms with Crippen LogP contribution < -0.4 is 0 Å². The zero-order valence-electron chi connectivity index (χ0n) is 12.0. The Hall–Kier alpha value is -0.0800. The first-order chi connectivity index (χ1) is 8.17. The van der Waals surface area contributed by atoms with Crippen molar-refractivity contribution in [2.24, 2.45) is 11.8 Å². The van der Waals surface area contributed by atoms with Crippen molar-refractivity contribution in [1.29, 1.82) is 0 Å². The minimum atomic E-state index is -0.166.